The van der Waals surface area contributed by atoms with Crippen LogP contribution >= 0.6 is 24.0 Å². The normalized spacial score (nSPS) is 21.5. The van der Waals surface area contributed by atoms with Gasteiger partial charge in [0.25, 0.3) is 0 Å². The zero-order valence-electron chi connectivity index (χ0n) is 19.7. The van der Waals surface area contributed by atoms with E-state index in [9.17, 15) is 0 Å². The number of unbranched alkanes of at least 4 members (excludes halogenated alkanes) is 1. The Morgan fingerprint density at radius 2 is 1.81 bits per heavy atom. The number of halogens is 1. The van der Waals surface area contributed by atoms with E-state index in [0.717, 1.165) is 44.7 Å². The van der Waals surface area contributed by atoms with Gasteiger partial charge in [0.15, 0.2) is 5.96 Å². The topological polar surface area (TPSA) is 42.9 Å². The molecule has 0 bridgehead atoms. The van der Waals surface area contributed by atoms with Crippen LogP contribution in [0.3, 0.4) is 0 Å². The van der Waals surface area contributed by atoms with Gasteiger partial charge < -0.3 is 15.5 Å². The minimum absolute atomic E-state index is 0. The summed E-state index contributed by atoms with van der Waals surface area (Å²) in [5.74, 6) is 1.00. The summed E-state index contributed by atoms with van der Waals surface area (Å²) >= 11 is 0. The van der Waals surface area contributed by atoms with Gasteiger partial charge in [-0.2, -0.15) is 0 Å². The molecule has 0 amide bonds. The second kappa shape index (κ2) is 15.1. The summed E-state index contributed by atoms with van der Waals surface area (Å²) in [4.78, 5) is 10.1. The third kappa shape index (κ3) is 9.66. The number of nitrogens with zero attached hydrogens (tertiary/aromatic N) is 3. The van der Waals surface area contributed by atoms with E-state index in [1.165, 1.54) is 63.6 Å². The van der Waals surface area contributed by atoms with Crippen LogP contribution in [-0.2, 0) is 6.54 Å². The van der Waals surface area contributed by atoms with Gasteiger partial charge in [0, 0.05) is 44.8 Å². The van der Waals surface area contributed by atoms with E-state index < -0.39 is 0 Å². The van der Waals surface area contributed by atoms with Gasteiger partial charge in [-0.1, -0.05) is 36.8 Å². The molecule has 0 aromatic heterocycles. The third-order valence-corrected chi connectivity index (χ3v) is 6.59. The van der Waals surface area contributed by atoms with Crippen molar-refractivity contribution < 1.29 is 0 Å². The molecule has 5 nitrogen and oxygen atoms in total. The van der Waals surface area contributed by atoms with Crippen molar-refractivity contribution in [3.8, 4) is 0 Å². The van der Waals surface area contributed by atoms with E-state index in [-0.39, 0.29) is 24.0 Å². The predicted octanol–water partition coefficient (Wildman–Crippen LogP) is 4.48. The smallest absolute Gasteiger partial charge is 0.191 e. The summed E-state index contributed by atoms with van der Waals surface area (Å²) in [6, 6.07) is 12.1. The average Bonchev–Trinajstić information content (AvgIpc) is 2.77. The summed E-state index contributed by atoms with van der Waals surface area (Å²) in [7, 11) is 0. The Balaban J connectivity index is 0.00000341. The number of aliphatic imine (C=N–C) groups is 1. The second-order valence-corrected chi connectivity index (χ2v) is 9.03. The van der Waals surface area contributed by atoms with Crippen molar-refractivity contribution in [2.45, 2.75) is 77.4 Å². The molecule has 1 aromatic rings. The maximum Gasteiger partial charge on any atom is 0.191 e. The summed E-state index contributed by atoms with van der Waals surface area (Å²) in [5, 5.41) is 7.13. The molecule has 2 saturated heterocycles. The highest BCUT2D eigenvalue weighted by molar-refractivity contribution is 14.0. The number of piperidine rings is 2. The summed E-state index contributed by atoms with van der Waals surface area (Å²) in [5.41, 5.74) is 1.41. The van der Waals surface area contributed by atoms with Gasteiger partial charge >= 0.3 is 0 Å². The highest BCUT2D eigenvalue weighted by Crippen LogP contribution is 2.17. The van der Waals surface area contributed by atoms with Crippen LogP contribution in [0.15, 0.2) is 35.3 Å². The van der Waals surface area contributed by atoms with Gasteiger partial charge in [-0.05, 0) is 71.0 Å². The molecule has 1 atom stereocenters. The van der Waals surface area contributed by atoms with E-state index in [2.05, 4.69) is 64.6 Å². The maximum atomic E-state index is 4.86. The molecule has 31 heavy (non-hydrogen) atoms. The minimum atomic E-state index is 0. The fourth-order valence-corrected chi connectivity index (χ4v) is 4.70. The molecule has 2 aliphatic rings. The first-order valence-corrected chi connectivity index (χ1v) is 12.3. The Labute approximate surface area is 207 Å². The molecule has 0 saturated carbocycles. The average molecular weight is 542 g/mol. The van der Waals surface area contributed by atoms with E-state index in [4.69, 9.17) is 4.99 Å². The van der Waals surface area contributed by atoms with Crippen LogP contribution in [0.1, 0.15) is 64.4 Å². The van der Waals surface area contributed by atoms with Crippen molar-refractivity contribution >= 4 is 29.9 Å². The van der Waals surface area contributed by atoms with Crippen molar-refractivity contribution in [2.75, 3.05) is 39.3 Å². The molecule has 3 rings (SSSR count). The Kier molecular flexibility index (Phi) is 12.8. The molecule has 2 fully saturated rings. The lowest BCUT2D eigenvalue weighted by Crippen LogP contribution is -2.48. The molecule has 2 heterocycles. The van der Waals surface area contributed by atoms with Crippen molar-refractivity contribution in [1.29, 1.82) is 0 Å². The van der Waals surface area contributed by atoms with E-state index >= 15 is 0 Å². The number of hydrogen-bond donors (Lipinski definition) is 2. The largest absolute Gasteiger partial charge is 0.357 e. The zero-order chi connectivity index (χ0) is 21.0. The van der Waals surface area contributed by atoms with Gasteiger partial charge in [0.2, 0.25) is 0 Å². The first-order chi connectivity index (χ1) is 14.7. The van der Waals surface area contributed by atoms with Crippen LogP contribution in [0.2, 0.25) is 0 Å². The standard InChI is InChI=1S/C25H43N5.HI/c1-3-26-25(27-16-8-10-18-30-17-9-7-11-22(30)2)28-24-14-19-29(20-15-24)21-23-12-5-4-6-13-23;/h4-6,12-13,22,24H,3,7-11,14-21H2,1-2H3,(H2,26,27,28);1H. The molecular weight excluding hydrogens is 497 g/mol. The number of hydrogen-bond acceptors (Lipinski definition) is 3. The lowest BCUT2D eigenvalue weighted by molar-refractivity contribution is 0.158. The second-order valence-electron chi connectivity index (χ2n) is 9.03. The first kappa shape index (κ1) is 26.4. The van der Waals surface area contributed by atoms with Gasteiger partial charge in [-0.15, -0.1) is 24.0 Å². The number of benzene rings is 1. The fraction of sp³-hybridized carbons (Fsp3) is 0.720. The van der Waals surface area contributed by atoms with E-state index in [1.54, 1.807) is 0 Å². The third-order valence-electron chi connectivity index (χ3n) is 6.59. The Bertz CT molecular complexity index is 616. The number of guanidine groups is 1. The highest BCUT2D eigenvalue weighted by Gasteiger charge is 2.20. The van der Waals surface area contributed by atoms with Crippen LogP contribution in [0.25, 0.3) is 0 Å². The van der Waals surface area contributed by atoms with Crippen LogP contribution in [0.4, 0.5) is 0 Å². The molecular formula is C25H44IN5. The Hall–Kier alpha value is -0.860. The van der Waals surface area contributed by atoms with Crippen molar-refractivity contribution in [2.24, 2.45) is 4.99 Å². The summed E-state index contributed by atoms with van der Waals surface area (Å²) in [6.45, 7) is 12.3. The van der Waals surface area contributed by atoms with Crippen LogP contribution in [0.5, 0.6) is 0 Å². The van der Waals surface area contributed by atoms with E-state index in [0.29, 0.717) is 6.04 Å². The van der Waals surface area contributed by atoms with Gasteiger partial charge in [-0.3, -0.25) is 9.89 Å². The Morgan fingerprint density at radius 1 is 1.03 bits per heavy atom. The van der Waals surface area contributed by atoms with Crippen molar-refractivity contribution in [3.63, 3.8) is 0 Å². The lowest BCUT2D eigenvalue weighted by atomic mass is 10.0. The summed E-state index contributed by atoms with van der Waals surface area (Å²) < 4.78 is 0. The highest BCUT2D eigenvalue weighted by atomic mass is 127. The number of nitrogens with one attached hydrogen (secondary N) is 2. The molecule has 0 aliphatic carbocycles. The molecule has 6 heteroatoms. The van der Waals surface area contributed by atoms with Crippen LogP contribution in [0, 0.1) is 0 Å². The molecule has 176 valence electrons. The van der Waals surface area contributed by atoms with Gasteiger partial charge in [0.05, 0.1) is 0 Å². The Morgan fingerprint density at radius 3 is 2.52 bits per heavy atom. The minimum Gasteiger partial charge on any atom is -0.357 e. The van der Waals surface area contributed by atoms with Crippen LogP contribution in [-0.4, -0.2) is 67.1 Å². The number of likely N-dealkylation sites (tertiary alicyclic amines) is 2. The van der Waals surface area contributed by atoms with E-state index in [1.807, 2.05) is 0 Å². The molecule has 0 radical (unpaired) electrons. The molecule has 0 spiro atoms. The first-order valence-electron chi connectivity index (χ1n) is 12.3. The lowest BCUT2D eigenvalue weighted by Gasteiger charge is -2.33. The maximum absolute atomic E-state index is 4.86. The molecule has 2 N–H and O–H groups in total. The van der Waals surface area contributed by atoms with Gasteiger partial charge in [0.1, 0.15) is 0 Å². The monoisotopic (exact) mass is 541 g/mol. The van der Waals surface area contributed by atoms with Crippen molar-refractivity contribution in [3.05, 3.63) is 35.9 Å². The molecule has 1 aromatic carbocycles. The zero-order valence-corrected chi connectivity index (χ0v) is 22.0. The quantitative estimate of drug-likeness (QED) is 0.210. The van der Waals surface area contributed by atoms with Gasteiger partial charge in [-0.25, -0.2) is 0 Å². The predicted molar refractivity (Wildman–Crippen MR) is 143 cm³/mol. The number of rotatable bonds is 9. The fourth-order valence-electron chi connectivity index (χ4n) is 4.70. The molecule has 1 unspecified atom stereocenters. The SMILES string of the molecule is CCNC(=NCCCCN1CCCCC1C)NC1CCN(Cc2ccccc2)CC1.I. The summed E-state index contributed by atoms with van der Waals surface area (Å²) in [6.07, 6.45) is 8.96. The molecule has 2 aliphatic heterocycles. The van der Waals surface area contributed by atoms with Crippen LogP contribution < -0.4 is 10.6 Å². The van der Waals surface area contributed by atoms with Crippen molar-refractivity contribution in [1.82, 2.24) is 20.4 Å².